The number of hydrogen-bond acceptors (Lipinski definition) is 4. The lowest BCUT2D eigenvalue weighted by molar-refractivity contribution is 0.0318. The van der Waals surface area contributed by atoms with Crippen LogP contribution in [0.1, 0.15) is 63.2 Å². The van der Waals surface area contributed by atoms with Gasteiger partial charge in [-0.2, -0.15) is 0 Å². The molecule has 4 nitrogen and oxygen atoms in total. The first-order chi connectivity index (χ1) is 12.0. The molecule has 4 heteroatoms. The van der Waals surface area contributed by atoms with Crippen LogP contribution in [0.3, 0.4) is 0 Å². The zero-order valence-corrected chi connectivity index (χ0v) is 15.8. The molecule has 1 saturated heterocycles. The normalized spacial score (nSPS) is 26.4. The highest BCUT2D eigenvalue weighted by Crippen LogP contribution is 2.35. The number of hydrogen-bond donors (Lipinski definition) is 0. The molecular weight excluding hydrogens is 314 g/mol. The standard InChI is InChI=1S/C21H31NO3/c1-4-24-20(23)16-9-11-17(12-10-16)25-19-8-5-7-18(19)22-14-6-13-21(2,3)15-22/h9-12,18-19H,4-8,13-15H2,1-3H3. The van der Waals surface area contributed by atoms with Crippen LogP contribution in [0.4, 0.5) is 0 Å². The largest absolute Gasteiger partial charge is 0.489 e. The minimum absolute atomic E-state index is 0.252. The van der Waals surface area contributed by atoms with E-state index in [1.807, 2.05) is 19.1 Å². The van der Waals surface area contributed by atoms with Crippen molar-refractivity contribution in [3.63, 3.8) is 0 Å². The highest BCUT2D eigenvalue weighted by molar-refractivity contribution is 5.89. The minimum atomic E-state index is -0.275. The van der Waals surface area contributed by atoms with Gasteiger partial charge < -0.3 is 9.47 Å². The Kier molecular flexibility index (Phi) is 5.67. The molecule has 138 valence electrons. The summed E-state index contributed by atoms with van der Waals surface area (Å²) in [5.41, 5.74) is 0.988. The first kappa shape index (κ1) is 18.2. The second-order valence-corrected chi connectivity index (χ2v) is 8.14. The number of carbonyl (C=O) groups is 1. The van der Waals surface area contributed by atoms with Crippen LogP contribution in [0.5, 0.6) is 5.75 Å². The second kappa shape index (κ2) is 7.77. The maximum atomic E-state index is 11.8. The molecule has 2 unspecified atom stereocenters. The Bertz CT molecular complexity index is 581. The van der Waals surface area contributed by atoms with Crippen LogP contribution >= 0.6 is 0 Å². The molecule has 3 rings (SSSR count). The van der Waals surface area contributed by atoms with Gasteiger partial charge in [0.1, 0.15) is 11.9 Å². The van der Waals surface area contributed by atoms with Gasteiger partial charge in [-0.15, -0.1) is 0 Å². The van der Waals surface area contributed by atoms with Gasteiger partial charge in [0.2, 0.25) is 0 Å². The first-order valence-corrected chi connectivity index (χ1v) is 9.66. The highest BCUT2D eigenvalue weighted by atomic mass is 16.5. The van der Waals surface area contributed by atoms with E-state index in [2.05, 4.69) is 18.7 Å². The van der Waals surface area contributed by atoms with Crippen LogP contribution < -0.4 is 4.74 Å². The smallest absolute Gasteiger partial charge is 0.338 e. The summed E-state index contributed by atoms with van der Waals surface area (Å²) in [5, 5.41) is 0. The second-order valence-electron chi connectivity index (χ2n) is 8.14. The maximum absolute atomic E-state index is 11.8. The van der Waals surface area contributed by atoms with Gasteiger partial charge in [-0.05, 0) is 75.3 Å². The van der Waals surface area contributed by atoms with Crippen molar-refractivity contribution >= 4 is 5.97 Å². The summed E-state index contributed by atoms with van der Waals surface area (Å²) in [6.07, 6.45) is 6.42. The first-order valence-electron chi connectivity index (χ1n) is 9.66. The molecule has 2 aliphatic rings. The molecule has 2 fully saturated rings. The monoisotopic (exact) mass is 345 g/mol. The zero-order chi connectivity index (χ0) is 17.9. The summed E-state index contributed by atoms with van der Waals surface area (Å²) >= 11 is 0. The Balaban J connectivity index is 1.62. The van der Waals surface area contributed by atoms with E-state index in [1.165, 1.54) is 38.8 Å². The third kappa shape index (κ3) is 4.55. The van der Waals surface area contributed by atoms with Crippen molar-refractivity contribution in [2.24, 2.45) is 5.41 Å². The Morgan fingerprint density at radius 3 is 2.64 bits per heavy atom. The molecule has 1 heterocycles. The summed E-state index contributed by atoms with van der Waals surface area (Å²) in [7, 11) is 0. The van der Waals surface area contributed by atoms with Crippen LogP contribution in [0, 0.1) is 5.41 Å². The SMILES string of the molecule is CCOC(=O)c1ccc(OC2CCCC2N2CCCC(C)(C)C2)cc1. The van der Waals surface area contributed by atoms with E-state index in [9.17, 15) is 4.79 Å². The summed E-state index contributed by atoms with van der Waals surface area (Å²) in [6, 6.07) is 7.89. The molecule has 0 bridgehead atoms. The molecular formula is C21H31NO3. The van der Waals surface area contributed by atoms with Crippen molar-refractivity contribution in [3.05, 3.63) is 29.8 Å². The molecule has 0 N–H and O–H groups in total. The molecule has 1 aromatic rings. The Morgan fingerprint density at radius 2 is 1.96 bits per heavy atom. The number of rotatable bonds is 5. The van der Waals surface area contributed by atoms with Crippen LogP contribution in [-0.2, 0) is 4.74 Å². The fourth-order valence-electron chi connectivity index (χ4n) is 4.27. The van der Waals surface area contributed by atoms with Crippen LogP contribution in [0.25, 0.3) is 0 Å². The molecule has 0 amide bonds. The molecule has 1 saturated carbocycles. The van der Waals surface area contributed by atoms with Gasteiger partial charge >= 0.3 is 5.97 Å². The molecule has 1 aliphatic carbocycles. The van der Waals surface area contributed by atoms with E-state index in [0.29, 0.717) is 23.6 Å². The Morgan fingerprint density at radius 1 is 1.20 bits per heavy atom. The topological polar surface area (TPSA) is 38.8 Å². The van der Waals surface area contributed by atoms with Gasteiger partial charge in [0.25, 0.3) is 0 Å². The van der Waals surface area contributed by atoms with E-state index in [1.54, 1.807) is 12.1 Å². The molecule has 1 aromatic carbocycles. The van der Waals surface area contributed by atoms with E-state index in [4.69, 9.17) is 9.47 Å². The van der Waals surface area contributed by atoms with Crippen molar-refractivity contribution in [2.75, 3.05) is 19.7 Å². The summed E-state index contributed by atoms with van der Waals surface area (Å²) in [4.78, 5) is 14.4. The number of esters is 1. The Hall–Kier alpha value is -1.55. The van der Waals surface area contributed by atoms with E-state index in [0.717, 1.165) is 12.2 Å². The van der Waals surface area contributed by atoms with Crippen molar-refractivity contribution in [1.29, 1.82) is 0 Å². The lowest BCUT2D eigenvalue weighted by Crippen LogP contribution is -2.49. The number of likely N-dealkylation sites (tertiary alicyclic amines) is 1. The fourth-order valence-corrected chi connectivity index (χ4v) is 4.27. The van der Waals surface area contributed by atoms with Gasteiger partial charge in [0, 0.05) is 12.6 Å². The number of ether oxygens (including phenoxy) is 2. The van der Waals surface area contributed by atoms with Gasteiger partial charge in [0.05, 0.1) is 12.2 Å². The average molecular weight is 345 g/mol. The molecule has 25 heavy (non-hydrogen) atoms. The van der Waals surface area contributed by atoms with Crippen molar-refractivity contribution in [3.8, 4) is 5.75 Å². The lowest BCUT2D eigenvalue weighted by Gasteiger charge is -2.42. The molecule has 0 spiro atoms. The molecule has 0 aromatic heterocycles. The number of benzene rings is 1. The van der Waals surface area contributed by atoms with Gasteiger partial charge in [-0.3, -0.25) is 4.90 Å². The van der Waals surface area contributed by atoms with E-state index in [-0.39, 0.29) is 12.1 Å². The molecule has 0 radical (unpaired) electrons. The fraction of sp³-hybridized carbons (Fsp3) is 0.667. The lowest BCUT2D eigenvalue weighted by atomic mass is 9.83. The minimum Gasteiger partial charge on any atom is -0.489 e. The van der Waals surface area contributed by atoms with Crippen LogP contribution in [0.2, 0.25) is 0 Å². The van der Waals surface area contributed by atoms with Gasteiger partial charge in [0.15, 0.2) is 0 Å². The third-order valence-corrected chi connectivity index (χ3v) is 5.47. The van der Waals surface area contributed by atoms with Crippen LogP contribution in [-0.4, -0.2) is 42.7 Å². The predicted molar refractivity (Wildman–Crippen MR) is 99.0 cm³/mol. The summed E-state index contributed by atoms with van der Waals surface area (Å²) < 4.78 is 11.3. The molecule has 1 aliphatic heterocycles. The molecule has 2 atom stereocenters. The van der Waals surface area contributed by atoms with E-state index < -0.39 is 0 Å². The number of carbonyl (C=O) groups excluding carboxylic acids is 1. The van der Waals surface area contributed by atoms with Crippen molar-refractivity contribution in [1.82, 2.24) is 4.90 Å². The highest BCUT2D eigenvalue weighted by Gasteiger charge is 2.38. The number of nitrogens with zero attached hydrogens (tertiary/aromatic N) is 1. The summed E-state index contributed by atoms with van der Waals surface area (Å²) in [6.45, 7) is 9.32. The van der Waals surface area contributed by atoms with Crippen LogP contribution in [0.15, 0.2) is 24.3 Å². The number of piperidine rings is 1. The van der Waals surface area contributed by atoms with Gasteiger partial charge in [-0.25, -0.2) is 4.79 Å². The maximum Gasteiger partial charge on any atom is 0.338 e. The average Bonchev–Trinajstić information content (AvgIpc) is 3.03. The third-order valence-electron chi connectivity index (χ3n) is 5.47. The predicted octanol–water partition coefficient (Wildman–Crippen LogP) is 4.29. The van der Waals surface area contributed by atoms with Crippen molar-refractivity contribution < 1.29 is 14.3 Å². The zero-order valence-electron chi connectivity index (χ0n) is 15.8. The Labute approximate surface area is 151 Å². The van der Waals surface area contributed by atoms with E-state index >= 15 is 0 Å². The van der Waals surface area contributed by atoms with Gasteiger partial charge in [-0.1, -0.05) is 13.8 Å². The van der Waals surface area contributed by atoms with Crippen molar-refractivity contribution in [2.45, 2.75) is 65.0 Å². The quantitative estimate of drug-likeness (QED) is 0.747. The summed E-state index contributed by atoms with van der Waals surface area (Å²) in [5.74, 6) is 0.574.